The van der Waals surface area contributed by atoms with Gasteiger partial charge in [-0.05, 0) is 41.5 Å². The first kappa shape index (κ1) is 21.2. The second kappa shape index (κ2) is 8.59. The Labute approximate surface area is 186 Å². The molecule has 0 saturated heterocycles. The molecule has 3 aromatic carbocycles. The van der Waals surface area contributed by atoms with Crippen molar-refractivity contribution in [1.82, 2.24) is 0 Å². The fraction of sp³-hybridized carbons (Fsp3) is 0.154. The Morgan fingerprint density at radius 1 is 0.906 bits per heavy atom. The zero-order valence-corrected chi connectivity index (χ0v) is 18.3. The third-order valence-electron chi connectivity index (χ3n) is 5.54. The van der Waals surface area contributed by atoms with Crippen LogP contribution in [0.4, 0.5) is 5.69 Å². The van der Waals surface area contributed by atoms with Crippen molar-refractivity contribution in [2.45, 2.75) is 6.92 Å². The number of nitrogens with zero attached hydrogens (tertiary/aromatic N) is 1. The molecule has 0 N–H and O–H groups in total. The Kier molecular flexibility index (Phi) is 5.69. The van der Waals surface area contributed by atoms with Crippen LogP contribution >= 0.6 is 0 Å². The van der Waals surface area contributed by atoms with Gasteiger partial charge in [0, 0.05) is 11.8 Å². The Morgan fingerprint density at radius 2 is 1.62 bits per heavy atom. The number of anilines is 1. The number of hydrogen-bond acceptors (Lipinski definition) is 5. The minimum Gasteiger partial charge on any atom is -0.493 e. The molecule has 0 spiro atoms. The molecule has 32 heavy (non-hydrogen) atoms. The van der Waals surface area contributed by atoms with Gasteiger partial charge in [0.25, 0.3) is 5.91 Å². The summed E-state index contributed by atoms with van der Waals surface area (Å²) in [5.41, 5.74) is 2.41. The SMILES string of the molecule is COC(=O)C1=C(C)N(c2ccc(OC)c(OC)c2)C(=O)/C1=C\c1cccc2ccccc12. The van der Waals surface area contributed by atoms with Gasteiger partial charge in [0.05, 0.1) is 38.2 Å². The van der Waals surface area contributed by atoms with Gasteiger partial charge in [-0.25, -0.2) is 4.79 Å². The molecule has 6 heteroatoms. The fourth-order valence-corrected chi connectivity index (χ4v) is 3.99. The van der Waals surface area contributed by atoms with Gasteiger partial charge >= 0.3 is 5.97 Å². The minimum absolute atomic E-state index is 0.236. The number of allylic oxidation sites excluding steroid dienone is 1. The number of methoxy groups -OCH3 is 3. The van der Waals surface area contributed by atoms with Crippen molar-refractivity contribution >= 4 is 34.4 Å². The largest absolute Gasteiger partial charge is 0.493 e. The van der Waals surface area contributed by atoms with Gasteiger partial charge in [-0.15, -0.1) is 0 Å². The van der Waals surface area contributed by atoms with Gasteiger partial charge < -0.3 is 14.2 Å². The Balaban J connectivity index is 1.88. The number of benzene rings is 3. The quantitative estimate of drug-likeness (QED) is 0.433. The molecule has 1 aliphatic heterocycles. The maximum atomic E-state index is 13.6. The van der Waals surface area contributed by atoms with Crippen LogP contribution in [0.15, 0.2) is 77.5 Å². The van der Waals surface area contributed by atoms with Crippen molar-refractivity contribution in [2.75, 3.05) is 26.2 Å². The van der Waals surface area contributed by atoms with Crippen LogP contribution in [-0.4, -0.2) is 33.2 Å². The van der Waals surface area contributed by atoms with Gasteiger partial charge in [0.15, 0.2) is 11.5 Å². The average molecular weight is 429 g/mol. The lowest BCUT2D eigenvalue weighted by Crippen LogP contribution is -2.24. The molecule has 0 unspecified atom stereocenters. The number of carbonyl (C=O) groups excluding carboxylic acids is 2. The first-order valence-corrected chi connectivity index (χ1v) is 10.1. The van der Waals surface area contributed by atoms with Crippen molar-refractivity contribution in [3.63, 3.8) is 0 Å². The number of esters is 1. The Hall–Kier alpha value is -4.06. The zero-order chi connectivity index (χ0) is 22.8. The molecule has 0 aliphatic carbocycles. The summed E-state index contributed by atoms with van der Waals surface area (Å²) in [5.74, 6) is 0.148. The van der Waals surface area contributed by atoms with Crippen LogP contribution in [0, 0.1) is 0 Å². The highest BCUT2D eigenvalue weighted by molar-refractivity contribution is 6.24. The van der Waals surface area contributed by atoms with E-state index < -0.39 is 5.97 Å². The molecule has 1 aliphatic rings. The molecule has 0 atom stereocenters. The molecule has 0 fully saturated rings. The summed E-state index contributed by atoms with van der Waals surface area (Å²) in [6.45, 7) is 1.73. The highest BCUT2D eigenvalue weighted by Gasteiger charge is 2.38. The molecule has 0 aromatic heterocycles. The third kappa shape index (κ3) is 3.50. The summed E-state index contributed by atoms with van der Waals surface area (Å²) in [7, 11) is 4.38. The first-order chi connectivity index (χ1) is 15.5. The van der Waals surface area contributed by atoms with E-state index in [0.717, 1.165) is 16.3 Å². The molecular weight excluding hydrogens is 406 g/mol. The molecule has 0 radical (unpaired) electrons. The highest BCUT2D eigenvalue weighted by atomic mass is 16.5. The summed E-state index contributed by atoms with van der Waals surface area (Å²) < 4.78 is 15.7. The number of ether oxygens (including phenoxy) is 3. The predicted octanol–water partition coefficient (Wildman–Crippen LogP) is 4.73. The molecule has 4 rings (SSSR count). The maximum Gasteiger partial charge on any atom is 0.340 e. The normalized spacial score (nSPS) is 14.9. The summed E-state index contributed by atoms with van der Waals surface area (Å²) in [6, 6.07) is 18.9. The zero-order valence-electron chi connectivity index (χ0n) is 18.3. The summed E-state index contributed by atoms with van der Waals surface area (Å²) >= 11 is 0. The minimum atomic E-state index is -0.565. The number of amides is 1. The fourth-order valence-electron chi connectivity index (χ4n) is 3.99. The number of fused-ring (bicyclic) bond motifs is 1. The van der Waals surface area contributed by atoms with Gasteiger partial charge in [-0.1, -0.05) is 42.5 Å². The van der Waals surface area contributed by atoms with E-state index in [9.17, 15) is 9.59 Å². The second-order valence-electron chi connectivity index (χ2n) is 7.26. The maximum absolute atomic E-state index is 13.6. The van der Waals surface area contributed by atoms with Crippen molar-refractivity contribution in [3.05, 3.63) is 83.1 Å². The van der Waals surface area contributed by atoms with Gasteiger partial charge in [-0.2, -0.15) is 0 Å². The van der Waals surface area contributed by atoms with E-state index >= 15 is 0 Å². The standard InChI is InChI=1S/C26H23NO5/c1-16-24(26(29)32-4)21(14-18-10-7-9-17-8-5-6-11-20(17)18)25(28)27(16)19-12-13-22(30-2)23(15-19)31-3/h5-15H,1-4H3/b21-14-. The second-order valence-corrected chi connectivity index (χ2v) is 7.26. The number of hydrogen-bond donors (Lipinski definition) is 0. The van der Waals surface area contributed by atoms with Crippen LogP contribution in [-0.2, 0) is 14.3 Å². The molecule has 1 heterocycles. The lowest BCUT2D eigenvalue weighted by Gasteiger charge is -2.19. The van der Waals surface area contributed by atoms with Gasteiger partial charge in [0.2, 0.25) is 0 Å². The van der Waals surface area contributed by atoms with E-state index in [0.29, 0.717) is 22.9 Å². The number of carbonyl (C=O) groups is 2. The molecule has 162 valence electrons. The third-order valence-corrected chi connectivity index (χ3v) is 5.54. The lowest BCUT2D eigenvalue weighted by atomic mass is 9.99. The molecule has 3 aromatic rings. The lowest BCUT2D eigenvalue weighted by molar-refractivity contribution is -0.136. The summed E-state index contributed by atoms with van der Waals surface area (Å²) in [5, 5.41) is 2.03. The average Bonchev–Trinajstić information content (AvgIpc) is 3.07. The van der Waals surface area contributed by atoms with Crippen molar-refractivity contribution < 1.29 is 23.8 Å². The van der Waals surface area contributed by atoms with Crippen LogP contribution in [0.2, 0.25) is 0 Å². The van der Waals surface area contributed by atoms with Gasteiger partial charge in [0.1, 0.15) is 0 Å². The van der Waals surface area contributed by atoms with Crippen LogP contribution in [0.1, 0.15) is 12.5 Å². The Bertz CT molecular complexity index is 1280. The van der Waals surface area contributed by atoms with Crippen LogP contribution in [0.5, 0.6) is 11.5 Å². The number of rotatable bonds is 5. The molecular formula is C26H23NO5. The van der Waals surface area contributed by atoms with E-state index in [-0.39, 0.29) is 17.1 Å². The van der Waals surface area contributed by atoms with Crippen LogP contribution in [0.25, 0.3) is 16.8 Å². The van der Waals surface area contributed by atoms with Gasteiger partial charge in [-0.3, -0.25) is 9.69 Å². The molecule has 6 nitrogen and oxygen atoms in total. The van der Waals surface area contributed by atoms with E-state index in [4.69, 9.17) is 14.2 Å². The van der Waals surface area contributed by atoms with E-state index in [2.05, 4.69) is 0 Å². The van der Waals surface area contributed by atoms with Crippen molar-refractivity contribution in [2.24, 2.45) is 0 Å². The monoisotopic (exact) mass is 429 g/mol. The van der Waals surface area contributed by atoms with E-state index in [1.54, 1.807) is 38.3 Å². The molecule has 0 saturated carbocycles. The first-order valence-electron chi connectivity index (χ1n) is 10.1. The van der Waals surface area contributed by atoms with E-state index in [1.807, 2.05) is 42.5 Å². The topological polar surface area (TPSA) is 65.1 Å². The molecule has 1 amide bonds. The highest BCUT2D eigenvalue weighted by Crippen LogP contribution is 2.39. The smallest absolute Gasteiger partial charge is 0.340 e. The van der Waals surface area contributed by atoms with Crippen molar-refractivity contribution in [3.8, 4) is 11.5 Å². The van der Waals surface area contributed by atoms with E-state index in [1.165, 1.54) is 19.1 Å². The predicted molar refractivity (Wildman–Crippen MR) is 124 cm³/mol. The molecule has 0 bridgehead atoms. The Morgan fingerprint density at radius 3 is 2.34 bits per heavy atom. The summed E-state index contributed by atoms with van der Waals surface area (Å²) in [4.78, 5) is 27.8. The van der Waals surface area contributed by atoms with Crippen LogP contribution in [0.3, 0.4) is 0 Å². The summed E-state index contributed by atoms with van der Waals surface area (Å²) in [6.07, 6.45) is 1.75. The van der Waals surface area contributed by atoms with Crippen molar-refractivity contribution in [1.29, 1.82) is 0 Å². The van der Waals surface area contributed by atoms with Crippen LogP contribution < -0.4 is 14.4 Å².